The van der Waals surface area contributed by atoms with Crippen molar-refractivity contribution in [1.29, 1.82) is 0 Å². The number of aryl methyl sites for hydroxylation is 1. The number of nitrogen functional groups attached to an aromatic ring is 1. The fraction of sp³-hybridized carbons (Fsp3) is 0.107. The van der Waals surface area contributed by atoms with Crippen LogP contribution in [-0.2, 0) is 7.05 Å². The number of aromatic nitrogens is 7. The van der Waals surface area contributed by atoms with E-state index >= 15 is 0 Å². The van der Waals surface area contributed by atoms with Crippen molar-refractivity contribution in [2.45, 2.75) is 13.0 Å². The Bertz CT molecular complexity index is 1980. The highest BCUT2D eigenvalue weighted by Gasteiger charge is 2.24. The van der Waals surface area contributed by atoms with E-state index in [0.717, 1.165) is 5.56 Å². The zero-order valence-corrected chi connectivity index (χ0v) is 21.1. The van der Waals surface area contributed by atoms with Crippen molar-refractivity contribution in [1.82, 2.24) is 38.7 Å². The summed E-state index contributed by atoms with van der Waals surface area (Å²) in [6, 6.07) is 15.9. The lowest BCUT2D eigenvalue weighted by Crippen LogP contribution is -2.34. The number of carbonyl (C=O) groups is 1. The van der Waals surface area contributed by atoms with Crippen LogP contribution in [0.2, 0.25) is 0 Å². The molecule has 39 heavy (non-hydrogen) atoms. The van der Waals surface area contributed by atoms with Gasteiger partial charge in [-0.25, -0.2) is 14.3 Å². The molecule has 0 aliphatic carbocycles. The first-order chi connectivity index (χ1) is 18.9. The molecule has 0 fully saturated rings. The summed E-state index contributed by atoms with van der Waals surface area (Å²) < 4.78 is 6.25. The molecule has 11 nitrogen and oxygen atoms in total. The number of nitrogens with zero attached hydrogens (tertiary/aromatic N) is 7. The van der Waals surface area contributed by atoms with Crippen LogP contribution >= 0.6 is 0 Å². The summed E-state index contributed by atoms with van der Waals surface area (Å²) in [6.07, 6.45) is 6.71. The summed E-state index contributed by atoms with van der Waals surface area (Å²) in [6.45, 7) is 1.81. The van der Waals surface area contributed by atoms with Crippen molar-refractivity contribution in [2.24, 2.45) is 7.05 Å². The summed E-state index contributed by atoms with van der Waals surface area (Å²) in [7, 11) is 1.82. The molecule has 0 saturated heterocycles. The van der Waals surface area contributed by atoms with Crippen LogP contribution in [0.25, 0.3) is 16.9 Å². The Labute approximate surface area is 222 Å². The molecule has 0 radical (unpaired) electrons. The Morgan fingerprint density at radius 2 is 1.92 bits per heavy atom. The highest BCUT2D eigenvalue weighted by molar-refractivity contribution is 6.04. The highest BCUT2D eigenvalue weighted by atomic mass is 16.2. The number of hydrogen-bond donors (Lipinski definition) is 2. The second-order valence-corrected chi connectivity index (χ2v) is 9.00. The molecule has 6 aromatic rings. The minimum atomic E-state index is -0.576. The fourth-order valence-electron chi connectivity index (χ4n) is 4.54. The Morgan fingerprint density at radius 3 is 2.69 bits per heavy atom. The number of para-hydroxylation sites is 1. The molecule has 0 saturated carbocycles. The molecule has 0 spiro atoms. The van der Waals surface area contributed by atoms with E-state index in [2.05, 4.69) is 32.3 Å². The summed E-state index contributed by atoms with van der Waals surface area (Å²) in [4.78, 5) is 31.6. The Kier molecular flexibility index (Phi) is 5.69. The molecule has 1 amide bonds. The molecule has 1 atom stereocenters. The second kappa shape index (κ2) is 9.35. The van der Waals surface area contributed by atoms with Gasteiger partial charge in [-0.1, -0.05) is 24.1 Å². The van der Waals surface area contributed by atoms with Gasteiger partial charge in [0.15, 0.2) is 11.5 Å². The molecular weight excluding hydrogens is 494 g/mol. The number of rotatable bonds is 4. The molecule has 0 aliphatic rings. The molecule has 5 aromatic heterocycles. The number of nitrogens with one attached hydrogen (secondary N) is 1. The van der Waals surface area contributed by atoms with Crippen molar-refractivity contribution in [3.63, 3.8) is 0 Å². The van der Waals surface area contributed by atoms with Gasteiger partial charge in [0.25, 0.3) is 5.91 Å². The molecule has 3 N–H and O–H groups in total. The minimum absolute atomic E-state index is 0.0673. The largest absolute Gasteiger partial charge is 0.381 e. The predicted octanol–water partition coefficient (Wildman–Crippen LogP) is 2.34. The van der Waals surface area contributed by atoms with E-state index in [1.807, 2.05) is 56.4 Å². The summed E-state index contributed by atoms with van der Waals surface area (Å²) in [5, 5.41) is 11.3. The third-order valence-electron chi connectivity index (χ3n) is 6.34. The van der Waals surface area contributed by atoms with Crippen LogP contribution in [0, 0.1) is 11.8 Å². The number of fused-ring (bicyclic) bond motifs is 2. The van der Waals surface area contributed by atoms with E-state index in [-0.39, 0.29) is 17.1 Å². The van der Waals surface area contributed by atoms with Gasteiger partial charge in [-0.05, 0) is 49.2 Å². The number of carbonyl (C=O) groups excluding carboxylic acids is 1. The first kappa shape index (κ1) is 23.7. The molecular formula is C28H23N9O2. The van der Waals surface area contributed by atoms with Crippen molar-refractivity contribution in [2.75, 3.05) is 5.73 Å². The smallest absolute Gasteiger partial charge is 0.338 e. The number of amides is 1. The van der Waals surface area contributed by atoms with Crippen LogP contribution in [-0.4, -0.2) is 39.3 Å². The fourth-order valence-corrected chi connectivity index (χ4v) is 4.54. The average molecular weight is 518 g/mol. The normalized spacial score (nSPS) is 11.8. The Hall–Kier alpha value is -5.63. The van der Waals surface area contributed by atoms with Gasteiger partial charge in [0.1, 0.15) is 11.3 Å². The molecule has 6 rings (SSSR count). The zero-order chi connectivity index (χ0) is 27.1. The minimum Gasteiger partial charge on any atom is -0.381 e. The third kappa shape index (κ3) is 4.19. The second-order valence-electron chi connectivity index (χ2n) is 9.00. The maximum Gasteiger partial charge on any atom is 0.338 e. The SMILES string of the molecule is C[C@H](NC(=O)c1c(N)nn2cccnc12)c1cc2ccc(C#Cc3cnn(C)c3)n2c(=O)n1-c1ccccc1. The number of hydrogen-bond acceptors (Lipinski definition) is 6. The summed E-state index contributed by atoms with van der Waals surface area (Å²) >= 11 is 0. The van der Waals surface area contributed by atoms with Crippen LogP contribution in [0.5, 0.6) is 0 Å². The summed E-state index contributed by atoms with van der Waals surface area (Å²) in [5.74, 6) is 5.77. The van der Waals surface area contributed by atoms with Crippen molar-refractivity contribution < 1.29 is 4.79 Å². The van der Waals surface area contributed by atoms with E-state index in [4.69, 9.17) is 5.73 Å². The van der Waals surface area contributed by atoms with Gasteiger partial charge in [-0.2, -0.15) is 5.10 Å². The Balaban J connectivity index is 1.45. The molecule has 0 unspecified atom stereocenters. The standard InChI is InChI=1S/C28H23N9O2/c1-18(32-27(38)24-25(29)33-35-14-6-13-30-26(24)35)23-15-22-12-11-21(10-9-19-16-31-34(2)17-19)36(22)28(39)37(23)20-7-4-3-5-8-20/h3-8,11-18H,1-2H3,(H2,29,33)(H,32,38)/t18-/m0/s1. The average Bonchev–Trinajstić information content (AvgIpc) is 3.63. The monoisotopic (exact) mass is 517 g/mol. The molecule has 5 heterocycles. The topological polar surface area (TPSA) is 130 Å². The van der Waals surface area contributed by atoms with Crippen LogP contribution in [0.3, 0.4) is 0 Å². The third-order valence-corrected chi connectivity index (χ3v) is 6.34. The van der Waals surface area contributed by atoms with E-state index in [1.165, 1.54) is 4.52 Å². The molecule has 1 aromatic carbocycles. The lowest BCUT2D eigenvalue weighted by molar-refractivity contribution is 0.0941. The number of benzene rings is 1. The van der Waals surface area contributed by atoms with Crippen LogP contribution in [0.1, 0.15) is 40.3 Å². The quantitative estimate of drug-likeness (QED) is 0.345. The lowest BCUT2D eigenvalue weighted by Gasteiger charge is -2.20. The Morgan fingerprint density at radius 1 is 1.10 bits per heavy atom. The van der Waals surface area contributed by atoms with Gasteiger partial charge in [0.05, 0.1) is 34.7 Å². The molecule has 0 bridgehead atoms. The number of nitrogens with two attached hydrogens (primary N) is 1. The highest BCUT2D eigenvalue weighted by Crippen LogP contribution is 2.22. The molecule has 192 valence electrons. The first-order valence-corrected chi connectivity index (χ1v) is 12.1. The van der Waals surface area contributed by atoms with Crippen molar-refractivity contribution in [3.05, 3.63) is 112 Å². The van der Waals surface area contributed by atoms with Gasteiger partial charge < -0.3 is 11.1 Å². The number of anilines is 1. The lowest BCUT2D eigenvalue weighted by atomic mass is 10.1. The van der Waals surface area contributed by atoms with Gasteiger partial charge in [-0.3, -0.25) is 18.4 Å². The first-order valence-electron chi connectivity index (χ1n) is 12.1. The summed E-state index contributed by atoms with van der Waals surface area (Å²) in [5.41, 5.74) is 9.42. The van der Waals surface area contributed by atoms with Crippen LogP contribution in [0.4, 0.5) is 5.82 Å². The van der Waals surface area contributed by atoms with Gasteiger partial charge >= 0.3 is 5.69 Å². The zero-order valence-electron chi connectivity index (χ0n) is 21.1. The van der Waals surface area contributed by atoms with Gasteiger partial charge in [0, 0.05) is 25.6 Å². The van der Waals surface area contributed by atoms with Gasteiger partial charge in [0.2, 0.25) is 0 Å². The van der Waals surface area contributed by atoms with Crippen molar-refractivity contribution in [3.8, 4) is 17.5 Å². The van der Waals surface area contributed by atoms with E-state index in [9.17, 15) is 9.59 Å². The maximum atomic E-state index is 14.0. The van der Waals surface area contributed by atoms with E-state index in [0.29, 0.717) is 28.2 Å². The molecule has 11 heteroatoms. The van der Waals surface area contributed by atoms with Crippen molar-refractivity contribution >= 4 is 22.9 Å². The van der Waals surface area contributed by atoms with Crippen LogP contribution < -0.4 is 16.7 Å². The van der Waals surface area contributed by atoms with Crippen LogP contribution in [0.15, 0.2) is 84.2 Å². The predicted molar refractivity (Wildman–Crippen MR) is 145 cm³/mol. The van der Waals surface area contributed by atoms with E-state index in [1.54, 1.807) is 50.6 Å². The van der Waals surface area contributed by atoms with E-state index < -0.39 is 11.9 Å². The van der Waals surface area contributed by atoms with Gasteiger partial charge in [-0.15, -0.1) is 5.10 Å². The maximum absolute atomic E-state index is 14.0. The molecule has 0 aliphatic heterocycles.